The third kappa shape index (κ3) is 3.88. The van der Waals surface area contributed by atoms with Gasteiger partial charge >= 0.3 is 0 Å². The highest BCUT2D eigenvalue weighted by Gasteiger charge is 2.43. The first kappa shape index (κ1) is 30.3. The molecule has 6 heteroatoms. The number of anilines is 3. The maximum absolute atomic E-state index is 14.1. The Labute approximate surface area is 272 Å². The monoisotopic (exact) mass is 614 g/mol. The van der Waals surface area contributed by atoms with Gasteiger partial charge in [-0.05, 0) is 72.0 Å². The molecule has 6 nitrogen and oxygen atoms in total. The second-order valence-electron chi connectivity index (χ2n) is 13.9. The Morgan fingerprint density at radius 1 is 0.717 bits per heavy atom. The van der Waals surface area contributed by atoms with Crippen LogP contribution < -0.4 is 35.0 Å². The highest BCUT2D eigenvalue weighted by molar-refractivity contribution is 6.52. The maximum atomic E-state index is 14.1. The minimum absolute atomic E-state index is 0.165. The molecule has 4 aromatic carbocycles. The molecule has 4 aromatic rings. The third-order valence-corrected chi connectivity index (χ3v) is 11.8. The molecule has 3 aliphatic rings. The zero-order valence-electron chi connectivity index (χ0n) is 28.6. The van der Waals surface area contributed by atoms with Crippen molar-refractivity contribution >= 4 is 55.5 Å². The summed E-state index contributed by atoms with van der Waals surface area (Å²) in [6.07, 6.45) is 6.63. The fraction of sp³-hybridized carbons (Fsp3) is 0.400. The van der Waals surface area contributed by atoms with Gasteiger partial charge in [0, 0.05) is 68.5 Å². The first-order valence-corrected chi connectivity index (χ1v) is 16.9. The number of hydrogen-bond acceptors (Lipinski definition) is 5. The van der Waals surface area contributed by atoms with Crippen LogP contribution in [-0.4, -0.2) is 45.3 Å². The van der Waals surface area contributed by atoms with E-state index in [0.717, 1.165) is 93.3 Å². The molecule has 0 saturated heterocycles. The average molecular weight is 615 g/mol. The third-order valence-electron chi connectivity index (χ3n) is 11.8. The predicted octanol–water partition coefficient (Wildman–Crippen LogP) is 5.77. The summed E-state index contributed by atoms with van der Waals surface area (Å²) in [7, 11) is 8.64. The number of unbranched alkanes of at least 4 members (excludes halogenated alkanes) is 2. The van der Waals surface area contributed by atoms with Crippen LogP contribution in [0.4, 0.5) is 17.1 Å². The Hall–Kier alpha value is -4.32. The van der Waals surface area contributed by atoms with Gasteiger partial charge in [-0.1, -0.05) is 62.8 Å². The number of hydrogen-bond donors (Lipinski definition) is 0. The van der Waals surface area contributed by atoms with Crippen molar-refractivity contribution < 1.29 is 9.90 Å². The topological polar surface area (TPSA) is 52.9 Å². The SMILES string of the molecule is CCCCC1(C)N(C)c2cccc3c(C4=C([O-])/C(=c5/ccc6c7c(cccc57)N(C)C(C)(CCCC)[N+]=6C)C4=O)ccc(c23)N1C. The first-order chi connectivity index (χ1) is 22.0. The standard InChI is InChI=1S/C40H46N4O2/c1-9-11-23-39(3)41(5)29-17-13-15-25-27(19-21-31(33(25)29)43(39)7)35-37(45)36(38(35)46)28-20-22-32-34-26(28)16-14-18-30(34)42(6)40(4,44(32)8)24-12-10-2/h13-22H,9-12,23-24H2,1-8H3. The minimum atomic E-state index is -0.167. The Kier molecular flexibility index (Phi) is 7.00. The Morgan fingerprint density at radius 3 is 1.98 bits per heavy atom. The molecule has 0 spiro atoms. The molecular weight excluding hydrogens is 568 g/mol. The van der Waals surface area contributed by atoms with Gasteiger partial charge in [-0.25, -0.2) is 4.58 Å². The van der Waals surface area contributed by atoms with Crippen LogP contribution in [0.15, 0.2) is 66.4 Å². The molecule has 2 heterocycles. The molecule has 0 N–H and O–H groups in total. The lowest BCUT2D eigenvalue weighted by Gasteiger charge is -2.52. The lowest BCUT2D eigenvalue weighted by molar-refractivity contribution is -0.292. The van der Waals surface area contributed by atoms with Crippen molar-refractivity contribution in [3.63, 3.8) is 0 Å². The van der Waals surface area contributed by atoms with Crippen LogP contribution in [0.25, 0.3) is 32.7 Å². The van der Waals surface area contributed by atoms with Gasteiger partial charge in [0.25, 0.3) is 0 Å². The van der Waals surface area contributed by atoms with Gasteiger partial charge in [0.1, 0.15) is 12.7 Å². The molecular formula is C40H46N4O2. The molecule has 0 bridgehead atoms. The number of ketones is 1. The van der Waals surface area contributed by atoms with E-state index in [4.69, 9.17) is 0 Å². The second kappa shape index (κ2) is 10.6. The van der Waals surface area contributed by atoms with Crippen LogP contribution in [0.1, 0.15) is 71.8 Å². The van der Waals surface area contributed by atoms with E-state index >= 15 is 0 Å². The molecule has 238 valence electrons. The van der Waals surface area contributed by atoms with E-state index in [1.165, 1.54) is 0 Å². The normalized spacial score (nSPS) is 23.6. The molecule has 0 saturated carbocycles. The van der Waals surface area contributed by atoms with Crippen molar-refractivity contribution in [2.75, 3.05) is 42.9 Å². The number of carbonyl (C=O) groups is 1. The number of nitrogens with zero attached hydrogens (tertiary/aromatic N) is 4. The van der Waals surface area contributed by atoms with Crippen LogP contribution in [0.5, 0.6) is 0 Å². The van der Waals surface area contributed by atoms with Crippen LogP contribution >= 0.6 is 0 Å². The number of rotatable bonds is 7. The Morgan fingerprint density at radius 2 is 1.33 bits per heavy atom. The van der Waals surface area contributed by atoms with E-state index in [-0.39, 0.29) is 22.9 Å². The van der Waals surface area contributed by atoms with Crippen LogP contribution in [0.3, 0.4) is 0 Å². The van der Waals surface area contributed by atoms with E-state index in [0.29, 0.717) is 11.1 Å². The summed E-state index contributed by atoms with van der Waals surface area (Å²) >= 11 is 0. The minimum Gasteiger partial charge on any atom is -0.871 e. The number of Topliss-reactive ketones (excluding diaryl/α,β-unsaturated/α-hetero) is 1. The molecule has 0 fully saturated rings. The Bertz CT molecular complexity index is 2100. The highest BCUT2D eigenvalue weighted by Crippen LogP contribution is 2.49. The lowest BCUT2D eigenvalue weighted by Crippen LogP contribution is -2.60. The predicted molar refractivity (Wildman–Crippen MR) is 191 cm³/mol. The zero-order valence-corrected chi connectivity index (χ0v) is 28.6. The van der Waals surface area contributed by atoms with Gasteiger partial charge in [-0.3, -0.25) is 4.79 Å². The summed E-state index contributed by atoms with van der Waals surface area (Å²) in [6.45, 7) is 9.06. The van der Waals surface area contributed by atoms with Gasteiger partial charge in [-0.15, -0.1) is 0 Å². The molecule has 0 aromatic heterocycles. The van der Waals surface area contributed by atoms with Crippen LogP contribution in [0.2, 0.25) is 0 Å². The smallest absolute Gasteiger partial charge is 0.235 e. The van der Waals surface area contributed by atoms with Crippen molar-refractivity contribution in [1.82, 2.24) is 4.58 Å². The van der Waals surface area contributed by atoms with Crippen molar-refractivity contribution in [2.24, 2.45) is 0 Å². The zero-order chi connectivity index (χ0) is 32.7. The van der Waals surface area contributed by atoms with E-state index < -0.39 is 0 Å². The summed E-state index contributed by atoms with van der Waals surface area (Å²) in [5, 5.41) is 20.1. The molecule has 2 unspecified atom stereocenters. The molecule has 0 amide bonds. The Balaban J connectivity index is 1.41. The first-order valence-electron chi connectivity index (χ1n) is 16.9. The largest absolute Gasteiger partial charge is 0.871 e. The fourth-order valence-corrected chi connectivity index (χ4v) is 8.36. The summed E-state index contributed by atoms with van der Waals surface area (Å²) < 4.78 is 2.37. The van der Waals surface area contributed by atoms with Crippen LogP contribution in [-0.2, 0) is 4.79 Å². The molecule has 0 radical (unpaired) electrons. The van der Waals surface area contributed by atoms with E-state index in [1.807, 2.05) is 12.1 Å². The number of benzene rings is 4. The van der Waals surface area contributed by atoms with Crippen molar-refractivity contribution in [2.45, 2.75) is 77.5 Å². The van der Waals surface area contributed by atoms with Gasteiger partial charge in [0.05, 0.1) is 11.1 Å². The maximum Gasteiger partial charge on any atom is 0.235 e. The van der Waals surface area contributed by atoms with Crippen molar-refractivity contribution in [3.05, 3.63) is 82.6 Å². The summed E-state index contributed by atoms with van der Waals surface area (Å²) in [5.41, 5.74) is 4.40. The molecule has 7 rings (SSSR count). The van der Waals surface area contributed by atoms with Crippen LogP contribution in [0, 0.1) is 0 Å². The molecule has 46 heavy (non-hydrogen) atoms. The lowest BCUT2D eigenvalue weighted by atomic mass is 9.79. The summed E-state index contributed by atoms with van der Waals surface area (Å²) in [6, 6.07) is 20.7. The summed E-state index contributed by atoms with van der Waals surface area (Å²) in [5.74, 6) is -0.330. The molecule has 1 aliphatic carbocycles. The van der Waals surface area contributed by atoms with Gasteiger partial charge in [0.2, 0.25) is 11.0 Å². The summed E-state index contributed by atoms with van der Waals surface area (Å²) in [4.78, 5) is 21.2. The quantitative estimate of drug-likeness (QED) is 0.248. The second-order valence-corrected chi connectivity index (χ2v) is 13.9. The average Bonchev–Trinajstić information content (AvgIpc) is 3.07. The van der Waals surface area contributed by atoms with Gasteiger partial charge in [-0.2, -0.15) is 0 Å². The highest BCUT2D eigenvalue weighted by atomic mass is 16.3. The molecule has 2 aliphatic heterocycles. The number of carbonyl (C=O) groups excluding carboxylic acids is 1. The molecule has 2 atom stereocenters. The number of allylic oxidation sites excluding steroid dienone is 2. The van der Waals surface area contributed by atoms with E-state index in [1.54, 1.807) is 0 Å². The van der Waals surface area contributed by atoms with Crippen molar-refractivity contribution in [1.29, 1.82) is 0 Å². The van der Waals surface area contributed by atoms with Crippen molar-refractivity contribution in [3.8, 4) is 0 Å². The van der Waals surface area contributed by atoms with E-state index in [9.17, 15) is 9.90 Å². The fourth-order valence-electron chi connectivity index (χ4n) is 8.36. The van der Waals surface area contributed by atoms with Gasteiger partial charge < -0.3 is 19.8 Å². The van der Waals surface area contributed by atoms with E-state index in [2.05, 4.69) is 124 Å². The van der Waals surface area contributed by atoms with Gasteiger partial charge in [0.15, 0.2) is 5.78 Å².